The summed E-state index contributed by atoms with van der Waals surface area (Å²) < 4.78 is 0.200. The van der Waals surface area contributed by atoms with Gasteiger partial charge in [0.1, 0.15) is 4.60 Å². The van der Waals surface area contributed by atoms with E-state index in [9.17, 15) is 4.79 Å². The Labute approximate surface area is 105 Å². The lowest BCUT2D eigenvalue weighted by atomic mass is 10.4. The SMILES string of the molecule is Cl.NC(N)=NC(=O)c1nc(Br)c(N)nc1N. The molecule has 8 nitrogen and oxygen atoms in total. The zero-order chi connectivity index (χ0) is 11.6. The van der Waals surface area contributed by atoms with Crippen molar-refractivity contribution in [3.05, 3.63) is 10.3 Å². The van der Waals surface area contributed by atoms with Gasteiger partial charge in [0, 0.05) is 0 Å². The number of nitrogen functional groups attached to an aromatic ring is 2. The lowest BCUT2D eigenvalue weighted by Gasteiger charge is -2.02. The van der Waals surface area contributed by atoms with Gasteiger partial charge in [-0.15, -0.1) is 12.4 Å². The summed E-state index contributed by atoms with van der Waals surface area (Å²) in [6.07, 6.45) is 0. The molecule has 0 saturated carbocycles. The molecule has 1 rings (SSSR count). The van der Waals surface area contributed by atoms with E-state index < -0.39 is 5.91 Å². The molecule has 0 radical (unpaired) electrons. The number of hydrogen-bond acceptors (Lipinski definition) is 5. The van der Waals surface area contributed by atoms with Gasteiger partial charge in [-0.05, 0) is 15.9 Å². The van der Waals surface area contributed by atoms with Gasteiger partial charge >= 0.3 is 5.91 Å². The van der Waals surface area contributed by atoms with Crippen molar-refractivity contribution in [3.63, 3.8) is 0 Å². The van der Waals surface area contributed by atoms with Gasteiger partial charge in [0.25, 0.3) is 0 Å². The number of carbonyl (C=O) groups excluding carboxylic acids is 1. The molecule has 0 saturated heterocycles. The molecule has 0 aliphatic carbocycles. The molecule has 8 N–H and O–H groups in total. The van der Waals surface area contributed by atoms with Gasteiger partial charge in [-0.25, -0.2) is 9.97 Å². The van der Waals surface area contributed by atoms with Crippen molar-refractivity contribution in [2.75, 3.05) is 11.5 Å². The third kappa shape index (κ3) is 3.21. The van der Waals surface area contributed by atoms with E-state index in [1.165, 1.54) is 0 Å². The molecule has 0 aliphatic heterocycles. The van der Waals surface area contributed by atoms with Crippen LogP contribution in [0.2, 0.25) is 0 Å². The number of amides is 1. The normalized spacial score (nSPS) is 9.06. The summed E-state index contributed by atoms with van der Waals surface area (Å²) in [6, 6.07) is 0. The summed E-state index contributed by atoms with van der Waals surface area (Å²) in [4.78, 5) is 22.1. The average Bonchev–Trinajstić information content (AvgIpc) is 2.09. The van der Waals surface area contributed by atoms with Crippen molar-refractivity contribution in [2.45, 2.75) is 0 Å². The Hall–Kier alpha value is -1.61. The number of rotatable bonds is 1. The van der Waals surface area contributed by atoms with Gasteiger partial charge in [0.2, 0.25) is 0 Å². The first-order valence-electron chi connectivity index (χ1n) is 3.64. The second kappa shape index (κ2) is 5.47. The van der Waals surface area contributed by atoms with Gasteiger partial charge < -0.3 is 22.9 Å². The number of halogens is 2. The van der Waals surface area contributed by atoms with Crippen LogP contribution in [0.5, 0.6) is 0 Å². The molecule has 10 heteroatoms. The molecule has 1 heterocycles. The van der Waals surface area contributed by atoms with Crippen molar-refractivity contribution < 1.29 is 4.79 Å². The van der Waals surface area contributed by atoms with E-state index in [1.54, 1.807) is 0 Å². The maximum Gasteiger partial charge on any atom is 0.302 e. The summed E-state index contributed by atoms with van der Waals surface area (Å²) in [7, 11) is 0. The second-order valence-corrected chi connectivity index (χ2v) is 3.23. The van der Waals surface area contributed by atoms with E-state index in [4.69, 9.17) is 22.9 Å². The molecule has 0 fully saturated rings. The first-order chi connectivity index (χ1) is 6.91. The summed E-state index contributed by atoms with van der Waals surface area (Å²) in [5.74, 6) is -1.21. The largest absolute Gasteiger partial charge is 0.382 e. The predicted molar refractivity (Wildman–Crippen MR) is 65.9 cm³/mol. The van der Waals surface area contributed by atoms with Crippen molar-refractivity contribution in [1.82, 2.24) is 9.97 Å². The highest BCUT2D eigenvalue weighted by Gasteiger charge is 2.14. The van der Waals surface area contributed by atoms with Crippen LogP contribution in [0.15, 0.2) is 9.60 Å². The second-order valence-electron chi connectivity index (χ2n) is 2.48. The molecule has 0 aromatic carbocycles. The van der Waals surface area contributed by atoms with Crippen LogP contribution in [0, 0.1) is 0 Å². The Morgan fingerprint density at radius 2 is 1.75 bits per heavy atom. The molecule has 0 spiro atoms. The van der Waals surface area contributed by atoms with Gasteiger partial charge in [0.15, 0.2) is 23.3 Å². The minimum atomic E-state index is -0.777. The minimum absolute atomic E-state index is 0. The zero-order valence-electron chi connectivity index (χ0n) is 7.85. The Balaban J connectivity index is 0.00000225. The minimum Gasteiger partial charge on any atom is -0.382 e. The number of aliphatic imine (C=N–C) groups is 1. The van der Waals surface area contributed by atoms with Gasteiger partial charge in [-0.1, -0.05) is 0 Å². The molecule has 1 amide bonds. The number of nitrogens with two attached hydrogens (primary N) is 4. The fraction of sp³-hybridized carbons (Fsp3) is 0. The Bertz CT molecular complexity index is 445. The molecular formula is C6H9BrClN7O. The summed E-state index contributed by atoms with van der Waals surface area (Å²) in [5.41, 5.74) is 20.7. The number of guanidine groups is 1. The Morgan fingerprint density at radius 3 is 2.25 bits per heavy atom. The van der Waals surface area contributed by atoms with Crippen LogP contribution >= 0.6 is 28.3 Å². The van der Waals surface area contributed by atoms with Crippen LogP contribution in [-0.4, -0.2) is 21.8 Å². The topological polar surface area (TPSA) is 159 Å². The summed E-state index contributed by atoms with van der Waals surface area (Å²) in [6.45, 7) is 0. The van der Waals surface area contributed by atoms with Crippen LogP contribution < -0.4 is 22.9 Å². The average molecular weight is 311 g/mol. The zero-order valence-corrected chi connectivity index (χ0v) is 10.2. The first kappa shape index (κ1) is 14.4. The van der Waals surface area contributed by atoms with Gasteiger partial charge in [0.05, 0.1) is 0 Å². The fourth-order valence-electron chi connectivity index (χ4n) is 0.769. The third-order valence-corrected chi connectivity index (χ3v) is 1.92. The number of nitrogens with zero attached hydrogens (tertiary/aromatic N) is 3. The highest BCUT2D eigenvalue weighted by molar-refractivity contribution is 9.10. The molecule has 1 aromatic heterocycles. The monoisotopic (exact) mass is 309 g/mol. The van der Waals surface area contributed by atoms with E-state index in [0.717, 1.165) is 0 Å². The van der Waals surface area contributed by atoms with Crippen molar-refractivity contribution in [2.24, 2.45) is 16.5 Å². The number of carbonyl (C=O) groups is 1. The first-order valence-corrected chi connectivity index (χ1v) is 4.43. The lowest BCUT2D eigenvalue weighted by molar-refractivity contribution is 0.0998. The number of hydrogen-bond donors (Lipinski definition) is 4. The van der Waals surface area contributed by atoms with Crippen molar-refractivity contribution in [1.29, 1.82) is 0 Å². The standard InChI is InChI=1S/C6H8BrN7O.ClH/c7-2-4(9)13-3(8)1(12-2)5(15)14-6(10)11;/h(H4,8,9,13)(H4,10,11,14,15);1H. The molecule has 0 bridgehead atoms. The van der Waals surface area contributed by atoms with E-state index in [-0.39, 0.29) is 40.3 Å². The summed E-state index contributed by atoms with van der Waals surface area (Å²) in [5, 5.41) is 0. The van der Waals surface area contributed by atoms with Crippen LogP contribution in [0.4, 0.5) is 11.6 Å². The maximum atomic E-state index is 11.3. The fourth-order valence-corrected chi connectivity index (χ4v) is 1.04. The van der Waals surface area contributed by atoms with Gasteiger partial charge in [-0.2, -0.15) is 4.99 Å². The highest BCUT2D eigenvalue weighted by Crippen LogP contribution is 2.18. The Morgan fingerprint density at radius 1 is 1.19 bits per heavy atom. The molecule has 16 heavy (non-hydrogen) atoms. The summed E-state index contributed by atoms with van der Waals surface area (Å²) >= 11 is 3.00. The van der Waals surface area contributed by atoms with Crippen LogP contribution in [0.1, 0.15) is 10.5 Å². The van der Waals surface area contributed by atoms with E-state index in [0.29, 0.717) is 0 Å². The molecule has 0 atom stereocenters. The Kier molecular flexibility index (Phi) is 4.92. The lowest BCUT2D eigenvalue weighted by Crippen LogP contribution is -2.24. The van der Waals surface area contributed by atoms with Gasteiger partial charge in [-0.3, -0.25) is 4.79 Å². The molecule has 1 aromatic rings. The smallest absolute Gasteiger partial charge is 0.302 e. The van der Waals surface area contributed by atoms with Crippen LogP contribution in [-0.2, 0) is 0 Å². The quantitative estimate of drug-likeness (QED) is 0.391. The maximum absolute atomic E-state index is 11.3. The predicted octanol–water partition coefficient (Wildman–Crippen LogP) is -0.761. The van der Waals surface area contributed by atoms with Crippen molar-refractivity contribution in [3.8, 4) is 0 Å². The number of anilines is 2. The molecule has 0 unspecified atom stereocenters. The molecular weight excluding hydrogens is 301 g/mol. The number of aromatic nitrogens is 2. The highest BCUT2D eigenvalue weighted by atomic mass is 79.9. The molecule has 88 valence electrons. The van der Waals surface area contributed by atoms with E-state index in [1.807, 2.05) is 0 Å². The van der Waals surface area contributed by atoms with E-state index in [2.05, 4.69) is 30.9 Å². The van der Waals surface area contributed by atoms with E-state index >= 15 is 0 Å². The third-order valence-electron chi connectivity index (χ3n) is 1.34. The van der Waals surface area contributed by atoms with Crippen LogP contribution in [0.3, 0.4) is 0 Å². The van der Waals surface area contributed by atoms with Crippen LogP contribution in [0.25, 0.3) is 0 Å². The van der Waals surface area contributed by atoms with Crippen molar-refractivity contribution >= 4 is 51.8 Å². The molecule has 0 aliphatic rings.